The first kappa shape index (κ1) is 17.4. The molecule has 1 atom stereocenters. The van der Waals surface area contributed by atoms with Gasteiger partial charge in [0.15, 0.2) is 5.82 Å². The Morgan fingerprint density at radius 3 is 2.81 bits per heavy atom. The number of nitrogens with one attached hydrogen (secondary N) is 1. The molecule has 1 saturated heterocycles. The van der Waals surface area contributed by atoms with E-state index < -0.39 is 0 Å². The molecule has 1 N–H and O–H groups in total. The number of likely N-dealkylation sites (tertiary alicyclic amines) is 1. The Morgan fingerprint density at radius 2 is 2.07 bits per heavy atom. The number of rotatable bonds is 4. The second-order valence-electron chi connectivity index (χ2n) is 7.02. The fraction of sp³-hybridized carbons (Fsp3) is 0.368. The maximum atomic E-state index is 13.1. The third kappa shape index (κ3) is 3.22. The molecule has 140 valence electrons. The van der Waals surface area contributed by atoms with Gasteiger partial charge in [-0.1, -0.05) is 0 Å². The lowest BCUT2D eigenvalue weighted by atomic mass is 10.1. The van der Waals surface area contributed by atoms with Gasteiger partial charge in [0, 0.05) is 18.2 Å². The minimum Gasteiger partial charge on any atom is -0.327 e. The summed E-state index contributed by atoms with van der Waals surface area (Å²) in [5.74, 6) is 0.394. The number of carbonyl (C=O) groups excluding carboxylic acids is 1. The molecule has 7 nitrogen and oxygen atoms in total. The monoisotopic (exact) mass is 368 g/mol. The minimum atomic E-state index is -0.306. The third-order valence-electron chi connectivity index (χ3n) is 4.92. The van der Waals surface area contributed by atoms with Crippen LogP contribution in [0.15, 0.2) is 36.7 Å². The fourth-order valence-corrected chi connectivity index (χ4v) is 3.52. The normalized spacial score (nSPS) is 17.0. The van der Waals surface area contributed by atoms with Crippen LogP contribution in [0.2, 0.25) is 0 Å². The van der Waals surface area contributed by atoms with Crippen LogP contribution in [0.4, 0.5) is 4.39 Å². The van der Waals surface area contributed by atoms with E-state index in [1.165, 1.54) is 12.1 Å². The molecule has 0 saturated carbocycles. The van der Waals surface area contributed by atoms with Gasteiger partial charge in [0.05, 0.1) is 11.7 Å². The van der Waals surface area contributed by atoms with Gasteiger partial charge in [-0.25, -0.2) is 4.39 Å². The van der Waals surface area contributed by atoms with Crippen LogP contribution in [0.5, 0.6) is 0 Å². The number of hydrogen-bond acceptors (Lipinski definition) is 4. The molecule has 3 aromatic rings. The lowest BCUT2D eigenvalue weighted by Gasteiger charge is -2.24. The molecule has 1 aliphatic rings. The van der Waals surface area contributed by atoms with Gasteiger partial charge in [0.1, 0.15) is 17.8 Å². The summed E-state index contributed by atoms with van der Waals surface area (Å²) in [6.45, 7) is 4.80. The van der Waals surface area contributed by atoms with Crippen molar-refractivity contribution in [1.29, 1.82) is 0 Å². The summed E-state index contributed by atoms with van der Waals surface area (Å²) in [4.78, 5) is 14.9. The molecule has 2 aromatic heterocycles. The molecular formula is C19H21FN6O. The number of nitrogens with zero attached hydrogens (tertiary/aromatic N) is 5. The standard InChI is InChI=1S/C19H21FN6O/c1-12(2)26-11-21-24-18(26)17-4-3-9-25(17)19(27)16-10-15(22-23-16)13-5-7-14(20)8-6-13/h5-8,10-12,17H,3-4,9H2,1-2H3,(H,22,23). The highest BCUT2D eigenvalue weighted by Crippen LogP contribution is 2.33. The van der Waals surface area contributed by atoms with Crippen molar-refractivity contribution in [2.24, 2.45) is 0 Å². The Kier molecular flexibility index (Phi) is 4.47. The Labute approximate surface area is 156 Å². The largest absolute Gasteiger partial charge is 0.327 e. The third-order valence-corrected chi connectivity index (χ3v) is 4.92. The first-order chi connectivity index (χ1) is 13.0. The van der Waals surface area contributed by atoms with Crippen LogP contribution in [0.3, 0.4) is 0 Å². The van der Waals surface area contributed by atoms with E-state index in [2.05, 4.69) is 34.2 Å². The van der Waals surface area contributed by atoms with Crippen LogP contribution in [-0.4, -0.2) is 42.3 Å². The van der Waals surface area contributed by atoms with Crippen molar-refractivity contribution in [3.05, 3.63) is 54.0 Å². The second kappa shape index (κ2) is 6.94. The van der Waals surface area contributed by atoms with Gasteiger partial charge < -0.3 is 9.47 Å². The smallest absolute Gasteiger partial charge is 0.272 e. The summed E-state index contributed by atoms with van der Waals surface area (Å²) in [6.07, 6.45) is 3.49. The Hall–Kier alpha value is -3.03. The Balaban J connectivity index is 1.59. The molecule has 1 unspecified atom stereocenters. The molecule has 1 aliphatic heterocycles. The van der Waals surface area contributed by atoms with E-state index >= 15 is 0 Å². The van der Waals surface area contributed by atoms with Crippen LogP contribution in [0.1, 0.15) is 55.1 Å². The van der Waals surface area contributed by atoms with E-state index in [1.807, 2.05) is 9.47 Å². The highest BCUT2D eigenvalue weighted by Gasteiger charge is 2.34. The highest BCUT2D eigenvalue weighted by atomic mass is 19.1. The van der Waals surface area contributed by atoms with E-state index in [0.717, 1.165) is 24.2 Å². The van der Waals surface area contributed by atoms with E-state index in [4.69, 9.17) is 0 Å². The number of H-pyrrole nitrogens is 1. The molecule has 3 heterocycles. The molecule has 1 aromatic carbocycles. The fourth-order valence-electron chi connectivity index (χ4n) is 3.52. The number of hydrogen-bond donors (Lipinski definition) is 1. The van der Waals surface area contributed by atoms with Crippen molar-refractivity contribution in [2.45, 2.75) is 38.8 Å². The number of amides is 1. The summed E-state index contributed by atoms with van der Waals surface area (Å²) in [6, 6.07) is 7.87. The SMILES string of the molecule is CC(C)n1cnnc1C1CCCN1C(=O)c1cc(-c2ccc(F)cc2)n[nH]1. The van der Waals surface area contributed by atoms with Gasteiger partial charge in [-0.2, -0.15) is 5.10 Å². The molecule has 8 heteroatoms. The molecule has 1 amide bonds. The number of halogens is 1. The molecule has 1 fully saturated rings. The number of aromatic nitrogens is 5. The maximum absolute atomic E-state index is 13.1. The van der Waals surface area contributed by atoms with Crippen LogP contribution in [0, 0.1) is 5.82 Å². The van der Waals surface area contributed by atoms with E-state index in [1.54, 1.807) is 24.5 Å². The quantitative estimate of drug-likeness (QED) is 0.766. The van der Waals surface area contributed by atoms with Crippen LogP contribution >= 0.6 is 0 Å². The predicted octanol–water partition coefficient (Wildman–Crippen LogP) is 3.37. The number of benzene rings is 1. The predicted molar refractivity (Wildman–Crippen MR) is 97.4 cm³/mol. The topological polar surface area (TPSA) is 79.7 Å². The van der Waals surface area contributed by atoms with Crippen LogP contribution < -0.4 is 0 Å². The lowest BCUT2D eigenvalue weighted by molar-refractivity contribution is 0.0720. The maximum Gasteiger partial charge on any atom is 0.272 e. The summed E-state index contributed by atoms with van der Waals surface area (Å²) < 4.78 is 15.1. The van der Waals surface area contributed by atoms with Gasteiger partial charge in [0.25, 0.3) is 5.91 Å². The van der Waals surface area contributed by atoms with Gasteiger partial charge in [0.2, 0.25) is 0 Å². The summed E-state index contributed by atoms with van der Waals surface area (Å²) in [5, 5.41) is 15.3. The van der Waals surface area contributed by atoms with Crippen molar-refractivity contribution >= 4 is 5.91 Å². The van der Waals surface area contributed by atoms with E-state index in [9.17, 15) is 9.18 Å². The molecule has 4 rings (SSSR count). The zero-order valence-corrected chi connectivity index (χ0v) is 15.3. The first-order valence-corrected chi connectivity index (χ1v) is 9.06. The van der Waals surface area contributed by atoms with Crippen LogP contribution in [-0.2, 0) is 0 Å². The van der Waals surface area contributed by atoms with Crippen molar-refractivity contribution in [2.75, 3.05) is 6.54 Å². The summed E-state index contributed by atoms with van der Waals surface area (Å²) in [7, 11) is 0. The van der Waals surface area contributed by atoms with Gasteiger partial charge >= 0.3 is 0 Å². The first-order valence-electron chi connectivity index (χ1n) is 9.06. The van der Waals surface area contributed by atoms with Crippen molar-refractivity contribution in [3.63, 3.8) is 0 Å². The van der Waals surface area contributed by atoms with Crippen molar-refractivity contribution in [3.8, 4) is 11.3 Å². The van der Waals surface area contributed by atoms with Crippen molar-refractivity contribution in [1.82, 2.24) is 29.9 Å². The molecule has 0 aliphatic carbocycles. The van der Waals surface area contributed by atoms with Crippen molar-refractivity contribution < 1.29 is 9.18 Å². The molecule has 0 radical (unpaired) electrons. The zero-order valence-electron chi connectivity index (χ0n) is 15.3. The van der Waals surface area contributed by atoms with Crippen LogP contribution in [0.25, 0.3) is 11.3 Å². The minimum absolute atomic E-state index is 0.0972. The molecule has 0 spiro atoms. The van der Waals surface area contributed by atoms with Gasteiger partial charge in [-0.15, -0.1) is 10.2 Å². The van der Waals surface area contributed by atoms with E-state index in [-0.39, 0.29) is 23.8 Å². The second-order valence-corrected chi connectivity index (χ2v) is 7.02. The number of carbonyl (C=O) groups is 1. The molecule has 0 bridgehead atoms. The zero-order chi connectivity index (χ0) is 19.0. The van der Waals surface area contributed by atoms with E-state index in [0.29, 0.717) is 17.9 Å². The average Bonchev–Trinajstić information content (AvgIpc) is 3.40. The lowest BCUT2D eigenvalue weighted by Crippen LogP contribution is -2.32. The summed E-state index contributed by atoms with van der Waals surface area (Å²) >= 11 is 0. The number of aromatic amines is 1. The summed E-state index contributed by atoms with van der Waals surface area (Å²) in [5.41, 5.74) is 1.78. The highest BCUT2D eigenvalue weighted by molar-refractivity contribution is 5.93. The Morgan fingerprint density at radius 1 is 1.30 bits per heavy atom. The van der Waals surface area contributed by atoms with Gasteiger partial charge in [-0.3, -0.25) is 9.89 Å². The van der Waals surface area contributed by atoms with Gasteiger partial charge in [-0.05, 0) is 57.0 Å². The molecule has 27 heavy (non-hydrogen) atoms. The Bertz CT molecular complexity index is 945. The average molecular weight is 368 g/mol. The molecular weight excluding hydrogens is 347 g/mol.